The lowest BCUT2D eigenvalue weighted by molar-refractivity contribution is 0.244. The molecule has 0 atom stereocenters. The molecule has 0 amide bonds. The molecule has 0 aliphatic heterocycles. The molecule has 7 heteroatoms. The summed E-state index contributed by atoms with van der Waals surface area (Å²) in [5.74, 6) is 0. The number of pyridine rings is 1. The molecule has 2 heterocycles. The quantitative estimate of drug-likeness (QED) is 0.305. The molecule has 0 saturated heterocycles. The number of hydrogen-bond acceptors (Lipinski definition) is 3. The van der Waals surface area contributed by atoms with Gasteiger partial charge in [0.1, 0.15) is 4.90 Å². The highest BCUT2D eigenvalue weighted by Crippen LogP contribution is 2.32. The molecule has 0 bridgehead atoms. The Labute approximate surface area is 206 Å². The Kier molecular flexibility index (Phi) is 6.73. The normalized spacial score (nSPS) is 15.2. The minimum Gasteiger partial charge on any atom is -0.346 e. The highest BCUT2D eigenvalue weighted by Gasteiger charge is 2.34. The second-order valence-corrected chi connectivity index (χ2v) is 11.2. The summed E-state index contributed by atoms with van der Waals surface area (Å²) in [4.78, 5) is 4.71. The predicted octanol–water partition coefficient (Wildman–Crippen LogP) is 6.26. The lowest BCUT2D eigenvalue weighted by Gasteiger charge is -2.34. The molecular formula is C27H28ClN3O2S. The maximum atomic E-state index is 14.2. The molecule has 2 aromatic heterocycles. The molecule has 1 saturated carbocycles. The average Bonchev–Trinajstić information content (AvgIpc) is 3.30. The van der Waals surface area contributed by atoms with Crippen molar-refractivity contribution in [2.75, 3.05) is 0 Å². The predicted molar refractivity (Wildman–Crippen MR) is 136 cm³/mol. The van der Waals surface area contributed by atoms with Gasteiger partial charge < -0.3 is 4.57 Å². The summed E-state index contributed by atoms with van der Waals surface area (Å²) >= 11 is 6.40. The van der Waals surface area contributed by atoms with Crippen LogP contribution in [0.3, 0.4) is 0 Å². The summed E-state index contributed by atoms with van der Waals surface area (Å²) in [6.07, 6.45) is 8.65. The third-order valence-corrected chi connectivity index (χ3v) is 9.00. The number of hydrogen-bond donors (Lipinski definition) is 0. The van der Waals surface area contributed by atoms with Crippen LogP contribution in [0.15, 0.2) is 84.0 Å². The summed E-state index contributed by atoms with van der Waals surface area (Å²) in [6, 6.07) is 20.8. The number of rotatable bonds is 7. The van der Waals surface area contributed by atoms with Gasteiger partial charge in [-0.25, -0.2) is 8.42 Å². The second kappa shape index (κ2) is 9.90. The van der Waals surface area contributed by atoms with E-state index in [0.29, 0.717) is 23.6 Å². The van der Waals surface area contributed by atoms with Gasteiger partial charge in [-0.1, -0.05) is 67.3 Å². The van der Waals surface area contributed by atoms with Gasteiger partial charge in [-0.05, 0) is 48.7 Å². The molecule has 1 fully saturated rings. The van der Waals surface area contributed by atoms with E-state index >= 15 is 0 Å². The first-order chi connectivity index (χ1) is 16.5. The zero-order valence-electron chi connectivity index (χ0n) is 19.0. The largest absolute Gasteiger partial charge is 0.346 e. The second-order valence-electron chi connectivity index (χ2n) is 8.89. The Morgan fingerprint density at radius 1 is 0.941 bits per heavy atom. The number of fused-ring (bicyclic) bond motifs is 1. The summed E-state index contributed by atoms with van der Waals surface area (Å²) in [5, 5.41) is 1.54. The third kappa shape index (κ3) is 4.63. The van der Waals surface area contributed by atoms with Crippen LogP contribution in [-0.4, -0.2) is 28.3 Å². The van der Waals surface area contributed by atoms with Crippen LogP contribution in [0.2, 0.25) is 5.02 Å². The van der Waals surface area contributed by atoms with Crippen molar-refractivity contribution in [3.63, 3.8) is 0 Å². The van der Waals surface area contributed by atoms with Crippen LogP contribution in [-0.2, 0) is 23.1 Å². The van der Waals surface area contributed by atoms with Gasteiger partial charge in [0.2, 0.25) is 10.0 Å². The topological polar surface area (TPSA) is 55.2 Å². The highest BCUT2D eigenvalue weighted by molar-refractivity contribution is 7.89. The molecule has 0 radical (unpaired) electrons. The fourth-order valence-electron chi connectivity index (χ4n) is 4.91. The first-order valence-corrected chi connectivity index (χ1v) is 13.6. The monoisotopic (exact) mass is 493 g/mol. The van der Waals surface area contributed by atoms with Crippen molar-refractivity contribution >= 4 is 32.5 Å². The molecule has 2 aromatic carbocycles. The number of sulfonamides is 1. The van der Waals surface area contributed by atoms with Crippen molar-refractivity contribution in [2.45, 2.75) is 56.1 Å². The van der Waals surface area contributed by atoms with Crippen LogP contribution in [0.25, 0.3) is 10.9 Å². The molecule has 1 aliphatic carbocycles. The fraction of sp³-hybridized carbons (Fsp3) is 0.296. The van der Waals surface area contributed by atoms with E-state index < -0.39 is 10.0 Å². The van der Waals surface area contributed by atoms with Crippen LogP contribution in [0, 0.1) is 0 Å². The number of halogens is 1. The molecule has 176 valence electrons. The van der Waals surface area contributed by atoms with Crippen LogP contribution in [0.1, 0.15) is 43.4 Å². The van der Waals surface area contributed by atoms with Crippen LogP contribution >= 0.6 is 11.6 Å². The summed E-state index contributed by atoms with van der Waals surface area (Å²) in [7, 11) is -3.77. The Balaban J connectivity index is 1.53. The fourth-order valence-corrected chi connectivity index (χ4v) is 6.93. The zero-order chi connectivity index (χ0) is 23.5. The molecule has 0 N–H and O–H groups in total. The van der Waals surface area contributed by atoms with Crippen molar-refractivity contribution in [2.24, 2.45) is 0 Å². The van der Waals surface area contributed by atoms with Gasteiger partial charge in [0, 0.05) is 41.1 Å². The molecular weight excluding hydrogens is 466 g/mol. The van der Waals surface area contributed by atoms with Gasteiger partial charge in [0.15, 0.2) is 0 Å². The Morgan fingerprint density at radius 2 is 1.74 bits per heavy atom. The lowest BCUT2D eigenvalue weighted by atomic mass is 9.95. The standard InChI is InChI=1S/C27H28ClN3O2S/c28-25-15-5-4-9-22(25)19-30-18-8-14-24(30)20-31(23-12-2-1-3-13-23)34(32,33)26-16-6-10-21-11-7-17-29-27(21)26/h4-11,14-18,23H,1-3,12-13,19-20H2. The van der Waals surface area contributed by atoms with Gasteiger partial charge in [0.25, 0.3) is 0 Å². The summed E-state index contributed by atoms with van der Waals surface area (Å²) in [5.41, 5.74) is 2.48. The zero-order valence-corrected chi connectivity index (χ0v) is 20.5. The van der Waals surface area contributed by atoms with E-state index in [1.165, 1.54) is 0 Å². The van der Waals surface area contributed by atoms with Gasteiger partial charge in [0.05, 0.1) is 12.1 Å². The smallest absolute Gasteiger partial charge is 0.245 e. The van der Waals surface area contributed by atoms with Crippen LogP contribution < -0.4 is 0 Å². The number of para-hydroxylation sites is 1. The third-order valence-electron chi connectivity index (χ3n) is 6.70. The van der Waals surface area contributed by atoms with Gasteiger partial charge in [-0.15, -0.1) is 0 Å². The maximum absolute atomic E-state index is 14.2. The van der Waals surface area contributed by atoms with Crippen molar-refractivity contribution < 1.29 is 8.42 Å². The van der Waals surface area contributed by atoms with Crippen molar-refractivity contribution in [1.82, 2.24) is 13.9 Å². The SMILES string of the molecule is O=S(=O)(c1cccc2cccnc12)N(Cc1cccn1Cc1ccccc1Cl)C1CCCCC1. The molecule has 4 aromatic rings. The van der Waals surface area contributed by atoms with Crippen molar-refractivity contribution in [3.05, 3.63) is 95.4 Å². The van der Waals surface area contributed by atoms with Gasteiger partial charge >= 0.3 is 0 Å². The lowest BCUT2D eigenvalue weighted by Crippen LogP contribution is -2.41. The highest BCUT2D eigenvalue weighted by atomic mass is 35.5. The van der Waals surface area contributed by atoms with Crippen LogP contribution in [0.4, 0.5) is 0 Å². The van der Waals surface area contributed by atoms with E-state index in [2.05, 4.69) is 9.55 Å². The van der Waals surface area contributed by atoms with E-state index in [1.54, 1.807) is 22.6 Å². The van der Waals surface area contributed by atoms with Gasteiger partial charge in [-0.3, -0.25) is 4.98 Å². The average molecular weight is 494 g/mol. The number of nitrogens with zero attached hydrogens (tertiary/aromatic N) is 3. The summed E-state index contributed by atoms with van der Waals surface area (Å²) < 4.78 is 32.1. The van der Waals surface area contributed by atoms with E-state index in [1.807, 2.05) is 60.8 Å². The molecule has 1 aliphatic rings. The van der Waals surface area contributed by atoms with Crippen LogP contribution in [0.5, 0.6) is 0 Å². The molecule has 5 nitrogen and oxygen atoms in total. The number of benzene rings is 2. The molecule has 34 heavy (non-hydrogen) atoms. The Bertz CT molecular complexity index is 1390. The van der Waals surface area contributed by atoms with Gasteiger partial charge in [-0.2, -0.15) is 4.31 Å². The minimum atomic E-state index is -3.77. The Hall–Kier alpha value is -2.67. The first kappa shape index (κ1) is 23.1. The molecule has 5 rings (SSSR count). The first-order valence-electron chi connectivity index (χ1n) is 11.8. The van der Waals surface area contributed by atoms with Crippen molar-refractivity contribution in [3.8, 4) is 0 Å². The maximum Gasteiger partial charge on any atom is 0.245 e. The Morgan fingerprint density at radius 3 is 2.56 bits per heavy atom. The van der Waals surface area contributed by atoms with E-state index in [4.69, 9.17) is 11.6 Å². The number of aromatic nitrogens is 2. The minimum absolute atomic E-state index is 0.0265. The summed E-state index contributed by atoms with van der Waals surface area (Å²) in [6.45, 7) is 0.907. The van der Waals surface area contributed by atoms with E-state index in [-0.39, 0.29) is 10.9 Å². The molecule has 0 spiro atoms. The van der Waals surface area contributed by atoms with Crippen molar-refractivity contribution in [1.29, 1.82) is 0 Å². The van der Waals surface area contributed by atoms with E-state index in [0.717, 1.165) is 48.7 Å². The molecule has 0 unspecified atom stereocenters. The van der Waals surface area contributed by atoms with E-state index in [9.17, 15) is 8.42 Å².